The first-order chi connectivity index (χ1) is 10.8. The molecule has 0 aliphatic carbocycles. The number of hydrogen-bond acceptors (Lipinski definition) is 5. The lowest BCUT2D eigenvalue weighted by Crippen LogP contribution is -2.20. The molecule has 0 radical (unpaired) electrons. The van der Waals surface area contributed by atoms with Gasteiger partial charge in [-0.2, -0.15) is 0 Å². The smallest absolute Gasteiger partial charge is 0.152 e. The molecule has 4 rings (SSSR count). The number of anilines is 2. The van der Waals surface area contributed by atoms with Gasteiger partial charge in [-0.05, 0) is 25.0 Å². The van der Waals surface area contributed by atoms with Gasteiger partial charge in [0, 0.05) is 24.8 Å². The van der Waals surface area contributed by atoms with Gasteiger partial charge in [-0.25, -0.2) is 4.98 Å². The maximum Gasteiger partial charge on any atom is 0.152 e. The zero-order chi connectivity index (χ0) is 14.9. The molecule has 1 saturated heterocycles. The third-order valence-electron chi connectivity index (χ3n) is 4.01. The van der Waals surface area contributed by atoms with E-state index in [1.165, 1.54) is 12.8 Å². The Labute approximate surface area is 134 Å². The summed E-state index contributed by atoms with van der Waals surface area (Å²) in [5.41, 5.74) is 2.88. The van der Waals surface area contributed by atoms with Crippen LogP contribution in [0.25, 0.3) is 0 Å². The predicted molar refractivity (Wildman–Crippen MR) is 88.8 cm³/mol. The van der Waals surface area contributed by atoms with Crippen LogP contribution in [-0.4, -0.2) is 28.9 Å². The summed E-state index contributed by atoms with van der Waals surface area (Å²) in [6.45, 7) is 2.73. The minimum absolute atomic E-state index is 0.665. The summed E-state index contributed by atoms with van der Waals surface area (Å²) in [7, 11) is 0. The highest BCUT2D eigenvalue weighted by molar-refractivity contribution is 6.33. The number of pyridine rings is 2. The quantitative estimate of drug-likeness (QED) is 0.925. The summed E-state index contributed by atoms with van der Waals surface area (Å²) in [6, 6.07) is 5.88. The molecule has 22 heavy (non-hydrogen) atoms. The predicted octanol–water partition coefficient (Wildman–Crippen LogP) is 3.10. The molecule has 0 atom stereocenters. The Balaban J connectivity index is 1.56. The number of rotatable bonds is 2. The van der Waals surface area contributed by atoms with Gasteiger partial charge < -0.3 is 10.2 Å². The van der Waals surface area contributed by atoms with Crippen LogP contribution < -0.4 is 10.2 Å². The molecule has 2 aromatic heterocycles. The van der Waals surface area contributed by atoms with E-state index in [9.17, 15) is 0 Å². The fourth-order valence-electron chi connectivity index (χ4n) is 2.91. The first-order valence-electron chi connectivity index (χ1n) is 7.47. The largest absolute Gasteiger partial charge is 0.355 e. The van der Waals surface area contributed by atoms with E-state index in [0.29, 0.717) is 11.6 Å². The lowest BCUT2D eigenvalue weighted by molar-refractivity contribution is 0.938. The van der Waals surface area contributed by atoms with E-state index in [1.807, 2.05) is 24.4 Å². The van der Waals surface area contributed by atoms with Crippen LogP contribution in [0.15, 0.2) is 35.6 Å². The molecule has 0 saturated carbocycles. The highest BCUT2D eigenvalue weighted by atomic mass is 35.5. The maximum absolute atomic E-state index is 6.40. The molecule has 1 N–H and O–H groups in total. The third-order valence-corrected chi connectivity index (χ3v) is 4.29. The van der Waals surface area contributed by atoms with Crippen molar-refractivity contribution in [2.24, 2.45) is 4.99 Å². The highest BCUT2D eigenvalue weighted by Gasteiger charge is 2.19. The first-order valence-corrected chi connectivity index (χ1v) is 7.85. The Hall–Kier alpha value is -2.14. The second-order valence-electron chi connectivity index (χ2n) is 5.52. The number of nitrogens with zero attached hydrogens (tertiary/aromatic N) is 4. The van der Waals surface area contributed by atoms with Crippen LogP contribution in [0.4, 0.5) is 11.5 Å². The monoisotopic (exact) mass is 313 g/mol. The Morgan fingerprint density at radius 3 is 2.86 bits per heavy atom. The number of fused-ring (bicyclic) bond motifs is 1. The van der Waals surface area contributed by atoms with Crippen molar-refractivity contribution in [2.45, 2.75) is 19.4 Å². The highest BCUT2D eigenvalue weighted by Crippen LogP contribution is 2.29. The molecule has 2 aliphatic rings. The molecule has 5 nitrogen and oxygen atoms in total. The normalized spacial score (nSPS) is 16.6. The fraction of sp³-hybridized carbons (Fsp3) is 0.312. The summed E-state index contributed by atoms with van der Waals surface area (Å²) >= 11 is 6.40. The zero-order valence-electron chi connectivity index (χ0n) is 12.1. The van der Waals surface area contributed by atoms with Crippen LogP contribution in [0.2, 0.25) is 5.02 Å². The average molecular weight is 314 g/mol. The van der Waals surface area contributed by atoms with Crippen molar-refractivity contribution >= 4 is 28.9 Å². The first kappa shape index (κ1) is 13.5. The van der Waals surface area contributed by atoms with Crippen molar-refractivity contribution in [1.82, 2.24) is 9.97 Å². The number of hydrogen-bond donors (Lipinski definition) is 1. The Kier molecular flexibility index (Phi) is 3.42. The minimum atomic E-state index is 0.665. The Morgan fingerprint density at radius 1 is 1.18 bits per heavy atom. The van der Waals surface area contributed by atoms with E-state index in [0.717, 1.165) is 41.7 Å². The van der Waals surface area contributed by atoms with Crippen LogP contribution in [0.5, 0.6) is 0 Å². The van der Waals surface area contributed by atoms with Crippen LogP contribution in [0, 0.1) is 0 Å². The van der Waals surface area contributed by atoms with Crippen LogP contribution in [0.1, 0.15) is 24.1 Å². The van der Waals surface area contributed by atoms with Gasteiger partial charge in [0.05, 0.1) is 23.5 Å². The van der Waals surface area contributed by atoms with Gasteiger partial charge in [0.15, 0.2) is 5.84 Å². The van der Waals surface area contributed by atoms with Gasteiger partial charge in [-0.1, -0.05) is 17.7 Å². The standard InChI is InChI=1S/C16H16ClN5/c17-13-8-12(10-20-16(13)22-6-1-2-7-22)21-15-14-11(9-19-15)4-3-5-18-14/h3-5,8,10H,1-2,6-7,9H2,(H,19,21). The number of aromatic nitrogens is 2. The van der Waals surface area contributed by atoms with Gasteiger partial charge in [-0.3, -0.25) is 9.98 Å². The summed E-state index contributed by atoms with van der Waals surface area (Å²) in [6.07, 6.45) is 6.00. The van der Waals surface area contributed by atoms with E-state index in [1.54, 1.807) is 6.20 Å². The molecule has 6 heteroatoms. The molecular weight excluding hydrogens is 298 g/mol. The van der Waals surface area contributed by atoms with Gasteiger partial charge in [0.25, 0.3) is 0 Å². The topological polar surface area (TPSA) is 53.4 Å². The lowest BCUT2D eigenvalue weighted by Gasteiger charge is -2.18. The molecule has 112 valence electrons. The molecule has 0 aromatic carbocycles. The molecule has 0 bridgehead atoms. The number of aliphatic imine (C=N–C) groups is 1. The molecule has 2 aliphatic heterocycles. The van der Waals surface area contributed by atoms with E-state index >= 15 is 0 Å². The second kappa shape index (κ2) is 5.57. The van der Waals surface area contributed by atoms with Gasteiger partial charge in [0.1, 0.15) is 11.5 Å². The minimum Gasteiger partial charge on any atom is -0.355 e. The van der Waals surface area contributed by atoms with Crippen molar-refractivity contribution in [3.05, 3.63) is 46.9 Å². The Bertz CT molecular complexity index is 737. The summed E-state index contributed by atoms with van der Waals surface area (Å²) in [5.74, 6) is 1.65. The molecule has 0 unspecified atom stereocenters. The van der Waals surface area contributed by atoms with Crippen molar-refractivity contribution < 1.29 is 0 Å². The zero-order valence-corrected chi connectivity index (χ0v) is 12.8. The Morgan fingerprint density at radius 2 is 2.05 bits per heavy atom. The number of amidine groups is 1. The van der Waals surface area contributed by atoms with E-state index in [-0.39, 0.29) is 0 Å². The third kappa shape index (κ3) is 2.41. The van der Waals surface area contributed by atoms with Crippen LogP contribution in [0.3, 0.4) is 0 Å². The van der Waals surface area contributed by atoms with Gasteiger partial charge >= 0.3 is 0 Å². The van der Waals surface area contributed by atoms with Gasteiger partial charge in [-0.15, -0.1) is 0 Å². The number of halogens is 1. The molecule has 4 heterocycles. The molecular formula is C16H16ClN5. The van der Waals surface area contributed by atoms with E-state index < -0.39 is 0 Å². The molecule has 1 fully saturated rings. The van der Waals surface area contributed by atoms with E-state index in [2.05, 4.69) is 25.2 Å². The summed E-state index contributed by atoms with van der Waals surface area (Å²) in [4.78, 5) is 15.6. The van der Waals surface area contributed by atoms with Crippen LogP contribution in [-0.2, 0) is 6.54 Å². The number of nitrogens with one attached hydrogen (secondary N) is 1. The molecule has 0 amide bonds. The lowest BCUT2D eigenvalue weighted by atomic mass is 10.2. The van der Waals surface area contributed by atoms with Crippen molar-refractivity contribution in [2.75, 3.05) is 23.3 Å². The fourth-order valence-corrected chi connectivity index (χ4v) is 3.20. The summed E-state index contributed by atoms with van der Waals surface area (Å²) in [5, 5.41) is 3.95. The van der Waals surface area contributed by atoms with Crippen LogP contribution >= 0.6 is 11.6 Å². The van der Waals surface area contributed by atoms with Crippen molar-refractivity contribution in [3.63, 3.8) is 0 Å². The summed E-state index contributed by atoms with van der Waals surface area (Å²) < 4.78 is 0. The van der Waals surface area contributed by atoms with Crippen molar-refractivity contribution in [1.29, 1.82) is 0 Å². The maximum atomic E-state index is 6.40. The SMILES string of the molecule is Clc1cc(NC2=NCc3cccnc32)cnc1N1CCCC1. The van der Waals surface area contributed by atoms with E-state index in [4.69, 9.17) is 11.6 Å². The average Bonchev–Trinajstić information content (AvgIpc) is 3.18. The molecule has 0 spiro atoms. The molecule has 2 aromatic rings. The van der Waals surface area contributed by atoms with Crippen molar-refractivity contribution in [3.8, 4) is 0 Å². The second-order valence-corrected chi connectivity index (χ2v) is 5.93. The van der Waals surface area contributed by atoms with Gasteiger partial charge in [0.2, 0.25) is 0 Å².